The molecule has 124 valence electrons. The zero-order valence-electron chi connectivity index (χ0n) is 13.2. The largest absolute Gasteiger partial charge is 0.354 e. The Kier molecular flexibility index (Phi) is 4.63. The predicted molar refractivity (Wildman–Crippen MR) is 89.2 cm³/mol. The first-order valence-electron chi connectivity index (χ1n) is 7.78. The van der Waals surface area contributed by atoms with E-state index in [9.17, 15) is 8.42 Å². The molecule has 2 aromatic rings. The molecule has 0 aromatic carbocycles. The van der Waals surface area contributed by atoms with Crippen molar-refractivity contribution in [2.75, 3.05) is 36.8 Å². The average Bonchev–Trinajstić information content (AvgIpc) is 3.10. The molecule has 1 aliphatic heterocycles. The lowest BCUT2D eigenvalue weighted by molar-refractivity contribution is 0.383. The summed E-state index contributed by atoms with van der Waals surface area (Å²) in [6, 6.07) is 5.81. The van der Waals surface area contributed by atoms with Gasteiger partial charge in [-0.1, -0.05) is 6.92 Å². The van der Waals surface area contributed by atoms with E-state index >= 15 is 0 Å². The fourth-order valence-electron chi connectivity index (χ4n) is 2.72. The lowest BCUT2D eigenvalue weighted by Gasteiger charge is -2.34. The molecular weight excluding hydrogens is 314 g/mol. The second kappa shape index (κ2) is 6.67. The van der Waals surface area contributed by atoms with Gasteiger partial charge in [-0.25, -0.2) is 18.4 Å². The summed E-state index contributed by atoms with van der Waals surface area (Å²) in [5, 5.41) is 0. The number of rotatable bonds is 5. The van der Waals surface area contributed by atoms with Crippen molar-refractivity contribution in [1.29, 1.82) is 0 Å². The normalized spacial score (nSPS) is 16.7. The van der Waals surface area contributed by atoms with Crippen LogP contribution in [0.2, 0.25) is 0 Å². The summed E-state index contributed by atoms with van der Waals surface area (Å²) in [5.74, 6) is 1.86. The Morgan fingerprint density at radius 3 is 2.35 bits per heavy atom. The zero-order valence-corrected chi connectivity index (χ0v) is 14.0. The Balaban J connectivity index is 1.70. The highest BCUT2D eigenvalue weighted by Gasteiger charge is 2.26. The van der Waals surface area contributed by atoms with Crippen molar-refractivity contribution in [2.24, 2.45) is 0 Å². The Morgan fingerprint density at radius 2 is 1.70 bits per heavy atom. The molecule has 0 amide bonds. The molecule has 0 N–H and O–H groups in total. The van der Waals surface area contributed by atoms with Crippen LogP contribution in [0.1, 0.15) is 13.3 Å². The number of nitrogens with zero attached hydrogens (tertiary/aromatic N) is 5. The molecule has 1 fully saturated rings. The van der Waals surface area contributed by atoms with Gasteiger partial charge in [0.15, 0.2) is 0 Å². The second-order valence-electron chi connectivity index (χ2n) is 5.53. The smallest absolute Gasteiger partial charge is 0.214 e. The van der Waals surface area contributed by atoms with Crippen LogP contribution in [-0.2, 0) is 10.0 Å². The number of sulfonamides is 1. The van der Waals surface area contributed by atoms with Crippen LogP contribution in [0.15, 0.2) is 36.9 Å². The van der Waals surface area contributed by atoms with E-state index in [2.05, 4.69) is 14.9 Å². The highest BCUT2D eigenvalue weighted by Crippen LogP contribution is 2.17. The summed E-state index contributed by atoms with van der Waals surface area (Å²) in [5.41, 5.74) is 0. The minimum Gasteiger partial charge on any atom is -0.354 e. The van der Waals surface area contributed by atoms with Crippen LogP contribution in [0.3, 0.4) is 0 Å². The molecule has 3 heterocycles. The highest BCUT2D eigenvalue weighted by atomic mass is 32.2. The molecule has 0 saturated carbocycles. The standard InChI is InChI=1S/C15H21N5O2S/c1-2-11-23(21,22)20-9-7-19(8-10-20)15-12-14(16-13-17-15)18-5-3-4-6-18/h3-6,12-13H,2,7-11H2,1H3. The van der Waals surface area contributed by atoms with Crippen LogP contribution in [0.5, 0.6) is 0 Å². The minimum atomic E-state index is -3.11. The van der Waals surface area contributed by atoms with E-state index in [1.165, 1.54) is 0 Å². The maximum Gasteiger partial charge on any atom is 0.214 e. The zero-order chi connectivity index (χ0) is 16.3. The van der Waals surface area contributed by atoms with Gasteiger partial charge in [0.2, 0.25) is 10.0 Å². The van der Waals surface area contributed by atoms with Gasteiger partial charge in [0.25, 0.3) is 0 Å². The molecule has 0 bridgehead atoms. The van der Waals surface area contributed by atoms with Crippen molar-refractivity contribution < 1.29 is 8.42 Å². The summed E-state index contributed by atoms with van der Waals surface area (Å²) in [7, 11) is -3.11. The molecule has 0 radical (unpaired) electrons. The Bertz CT molecular complexity index is 737. The SMILES string of the molecule is CCCS(=O)(=O)N1CCN(c2cc(-n3cccc3)ncn2)CC1. The van der Waals surface area contributed by atoms with Gasteiger partial charge in [0.1, 0.15) is 18.0 Å². The van der Waals surface area contributed by atoms with E-state index in [0.717, 1.165) is 11.6 Å². The molecule has 23 heavy (non-hydrogen) atoms. The van der Waals surface area contributed by atoms with Gasteiger partial charge in [0, 0.05) is 44.6 Å². The first-order valence-corrected chi connectivity index (χ1v) is 9.39. The second-order valence-corrected chi connectivity index (χ2v) is 7.62. The fraction of sp³-hybridized carbons (Fsp3) is 0.467. The van der Waals surface area contributed by atoms with Crippen LogP contribution >= 0.6 is 0 Å². The third kappa shape index (κ3) is 3.53. The maximum absolute atomic E-state index is 12.1. The third-order valence-electron chi connectivity index (χ3n) is 3.93. The topological polar surface area (TPSA) is 71.3 Å². The third-order valence-corrected chi connectivity index (χ3v) is 6.00. The molecule has 1 aliphatic rings. The van der Waals surface area contributed by atoms with E-state index in [1.807, 2.05) is 42.1 Å². The van der Waals surface area contributed by atoms with E-state index < -0.39 is 10.0 Å². The average molecular weight is 335 g/mol. The van der Waals surface area contributed by atoms with Crippen LogP contribution < -0.4 is 4.90 Å². The number of aromatic nitrogens is 3. The Hall–Kier alpha value is -1.93. The summed E-state index contributed by atoms with van der Waals surface area (Å²) in [6.07, 6.45) is 6.06. The minimum absolute atomic E-state index is 0.221. The fourth-order valence-corrected chi connectivity index (χ4v) is 4.21. The molecule has 0 spiro atoms. The van der Waals surface area contributed by atoms with Crippen LogP contribution in [0.4, 0.5) is 5.82 Å². The van der Waals surface area contributed by atoms with Crippen molar-refractivity contribution in [2.45, 2.75) is 13.3 Å². The van der Waals surface area contributed by atoms with E-state index in [4.69, 9.17) is 0 Å². The first kappa shape index (κ1) is 15.9. The number of hydrogen-bond acceptors (Lipinski definition) is 5. The summed E-state index contributed by atoms with van der Waals surface area (Å²) < 4.78 is 27.7. The molecule has 1 saturated heterocycles. The van der Waals surface area contributed by atoms with E-state index in [-0.39, 0.29) is 5.75 Å². The lowest BCUT2D eigenvalue weighted by atomic mass is 10.3. The number of piperazine rings is 1. The summed E-state index contributed by atoms with van der Waals surface area (Å²) >= 11 is 0. The number of anilines is 1. The van der Waals surface area contributed by atoms with E-state index in [1.54, 1.807) is 10.6 Å². The van der Waals surface area contributed by atoms with Crippen molar-refractivity contribution in [3.8, 4) is 5.82 Å². The lowest BCUT2D eigenvalue weighted by Crippen LogP contribution is -2.49. The van der Waals surface area contributed by atoms with Crippen molar-refractivity contribution in [3.63, 3.8) is 0 Å². The van der Waals surface area contributed by atoms with Gasteiger partial charge in [-0.2, -0.15) is 4.31 Å². The monoisotopic (exact) mass is 335 g/mol. The summed E-state index contributed by atoms with van der Waals surface area (Å²) in [4.78, 5) is 10.7. The first-order chi connectivity index (χ1) is 11.1. The van der Waals surface area contributed by atoms with Gasteiger partial charge < -0.3 is 9.47 Å². The van der Waals surface area contributed by atoms with Gasteiger partial charge in [-0.05, 0) is 18.6 Å². The maximum atomic E-state index is 12.1. The molecule has 3 rings (SSSR count). The molecule has 7 nitrogen and oxygen atoms in total. The van der Waals surface area contributed by atoms with Gasteiger partial charge in [0.05, 0.1) is 5.75 Å². The molecule has 0 atom stereocenters. The van der Waals surface area contributed by atoms with Crippen molar-refractivity contribution in [3.05, 3.63) is 36.9 Å². The molecular formula is C15H21N5O2S. The van der Waals surface area contributed by atoms with E-state index in [0.29, 0.717) is 32.6 Å². The molecule has 2 aromatic heterocycles. The van der Waals surface area contributed by atoms with Gasteiger partial charge in [-0.15, -0.1) is 0 Å². The number of hydrogen-bond donors (Lipinski definition) is 0. The van der Waals surface area contributed by atoms with Gasteiger partial charge in [-0.3, -0.25) is 0 Å². The molecule has 0 unspecified atom stereocenters. The molecule has 8 heteroatoms. The quantitative estimate of drug-likeness (QED) is 0.819. The highest BCUT2D eigenvalue weighted by molar-refractivity contribution is 7.89. The van der Waals surface area contributed by atoms with Gasteiger partial charge >= 0.3 is 0 Å². The predicted octanol–water partition coefficient (Wildman–Crippen LogP) is 1.13. The summed E-state index contributed by atoms with van der Waals surface area (Å²) in [6.45, 7) is 4.18. The molecule has 0 aliphatic carbocycles. The van der Waals surface area contributed by atoms with Crippen LogP contribution in [-0.4, -0.2) is 59.2 Å². The Morgan fingerprint density at radius 1 is 1.04 bits per heavy atom. The van der Waals surface area contributed by atoms with Crippen molar-refractivity contribution >= 4 is 15.8 Å². The van der Waals surface area contributed by atoms with Crippen LogP contribution in [0, 0.1) is 0 Å². The Labute approximate surface area is 136 Å². The van der Waals surface area contributed by atoms with Crippen molar-refractivity contribution in [1.82, 2.24) is 18.8 Å². The van der Waals surface area contributed by atoms with Crippen LogP contribution in [0.25, 0.3) is 5.82 Å².